The molecule has 3 saturated carbocycles. The van der Waals surface area contributed by atoms with Crippen molar-refractivity contribution in [2.45, 2.75) is 128 Å². The summed E-state index contributed by atoms with van der Waals surface area (Å²) in [6.07, 6.45) is 22.5. The van der Waals surface area contributed by atoms with Gasteiger partial charge in [-0.1, -0.05) is 43.1 Å². The summed E-state index contributed by atoms with van der Waals surface area (Å²) in [7, 11) is 0. The third-order valence-corrected chi connectivity index (χ3v) is 18.9. The molecule has 3 aliphatic carbocycles. The first kappa shape index (κ1) is 68.2. The van der Waals surface area contributed by atoms with Gasteiger partial charge in [-0.3, -0.25) is 30.3 Å². The number of thiazole rings is 3. The summed E-state index contributed by atoms with van der Waals surface area (Å²) >= 11 is 10.4. The highest BCUT2D eigenvalue weighted by Crippen LogP contribution is 2.48. The Kier molecular flexibility index (Phi) is 23.0. The van der Waals surface area contributed by atoms with E-state index in [0.29, 0.717) is 55.4 Å². The van der Waals surface area contributed by atoms with E-state index >= 15 is 0 Å². The summed E-state index contributed by atoms with van der Waals surface area (Å²) < 4.78 is 28.3. The molecule has 0 radical (unpaired) electrons. The van der Waals surface area contributed by atoms with Gasteiger partial charge < -0.3 is 31.9 Å². The van der Waals surface area contributed by atoms with E-state index in [2.05, 4.69) is 84.7 Å². The zero-order chi connectivity index (χ0) is 67.0. The molecule has 27 heteroatoms. The van der Waals surface area contributed by atoms with Crippen molar-refractivity contribution in [1.82, 2.24) is 29.9 Å². The third kappa shape index (κ3) is 20.9. The Morgan fingerprint density at radius 1 is 0.453 bits per heavy atom. The van der Waals surface area contributed by atoms with Gasteiger partial charge in [-0.05, 0) is 200 Å². The van der Waals surface area contributed by atoms with E-state index in [0.717, 1.165) is 107 Å². The highest BCUT2D eigenvalue weighted by molar-refractivity contribution is 7.16. The quantitative estimate of drug-likeness (QED) is 0.0325. The van der Waals surface area contributed by atoms with Crippen LogP contribution in [-0.2, 0) is 58.3 Å². The minimum absolute atomic E-state index is 0.0858. The van der Waals surface area contributed by atoms with Gasteiger partial charge in [0.25, 0.3) is 0 Å². The molecule has 0 aliphatic heterocycles. The number of nitrogens with one attached hydrogen (secondary N) is 9. The summed E-state index contributed by atoms with van der Waals surface area (Å²) in [5.41, 5.74) is 7.45. The lowest BCUT2D eigenvalue weighted by atomic mass is 9.80. The van der Waals surface area contributed by atoms with Crippen molar-refractivity contribution >= 4 is 131 Å². The number of carbonyl (C=O) groups excluding carboxylic acids is 6. The number of benzene rings is 3. The number of aryl methyl sites for hydroxylation is 6. The first-order valence-corrected chi connectivity index (χ1v) is 33.7. The Bertz CT molecular complexity index is 4250. The van der Waals surface area contributed by atoms with Crippen LogP contribution in [0.25, 0.3) is 0 Å². The number of urea groups is 3. The molecular formula is C68H70ClF2N15O6S3. The van der Waals surface area contributed by atoms with Crippen molar-refractivity contribution in [3.63, 3.8) is 0 Å². The van der Waals surface area contributed by atoms with Crippen LogP contribution >= 0.6 is 45.6 Å². The number of pyridine rings is 3. The van der Waals surface area contributed by atoms with E-state index in [4.69, 9.17) is 11.6 Å². The van der Waals surface area contributed by atoms with Crippen LogP contribution in [0.2, 0.25) is 5.02 Å². The van der Waals surface area contributed by atoms with E-state index in [-0.39, 0.29) is 40.5 Å². The number of hydrogen-bond donors (Lipinski definition) is 9. The molecule has 0 unspecified atom stereocenters. The molecule has 0 saturated heterocycles. The SMILES string of the molecule is CC(=O)Nc1cc(CCc2cnc(NC(=O)Nc3cc(C4(C)CC4)ccc3F)s2)ccn1.CC(=O)Nc1cc(CCc2cnc(NC(=O)Nc3cc(C4CC4)ccc3Cl)s2)ccn1.CC(=O)Nc1cc(CCc2cnc(NC(=O)Nc3cc(C4CCC4)ccc3F)s2)ccn1. The van der Waals surface area contributed by atoms with E-state index in [9.17, 15) is 37.5 Å². The minimum Gasteiger partial charge on any atom is -0.311 e. The van der Waals surface area contributed by atoms with Gasteiger partial charge in [0, 0.05) is 72.6 Å². The van der Waals surface area contributed by atoms with Crippen molar-refractivity contribution in [2.75, 3.05) is 47.9 Å². The maximum absolute atomic E-state index is 14.2. The number of anilines is 9. The molecule has 9 aromatic rings. The average Bonchev–Trinajstić information content (AvgIpc) is 1.65. The van der Waals surface area contributed by atoms with Crippen LogP contribution in [0.5, 0.6) is 0 Å². The van der Waals surface area contributed by atoms with Crippen LogP contribution in [0.3, 0.4) is 0 Å². The summed E-state index contributed by atoms with van der Waals surface area (Å²) in [6, 6.07) is 25.4. The van der Waals surface area contributed by atoms with Crippen molar-refractivity contribution in [3.8, 4) is 0 Å². The molecule has 12 rings (SSSR count). The first-order chi connectivity index (χ1) is 45.7. The normalized spacial score (nSPS) is 13.4. The molecule has 0 atom stereocenters. The maximum atomic E-state index is 14.2. The summed E-state index contributed by atoms with van der Waals surface area (Å²) in [4.78, 5) is 98.8. The van der Waals surface area contributed by atoms with E-state index < -0.39 is 23.7 Å². The Morgan fingerprint density at radius 3 is 1.22 bits per heavy atom. The Hall–Kier alpha value is -9.63. The monoisotopic (exact) mass is 1360 g/mol. The molecule has 3 fully saturated rings. The third-order valence-electron chi connectivity index (χ3n) is 15.7. The zero-order valence-electron chi connectivity index (χ0n) is 52.5. The fourth-order valence-corrected chi connectivity index (χ4v) is 12.6. The summed E-state index contributed by atoms with van der Waals surface area (Å²) in [6.45, 7) is 6.46. The van der Waals surface area contributed by atoms with Gasteiger partial charge in [-0.2, -0.15) is 0 Å². The van der Waals surface area contributed by atoms with Crippen molar-refractivity contribution in [1.29, 1.82) is 0 Å². The predicted molar refractivity (Wildman–Crippen MR) is 372 cm³/mol. The minimum atomic E-state index is -0.531. The second-order valence-electron chi connectivity index (χ2n) is 23.5. The van der Waals surface area contributed by atoms with Gasteiger partial charge in [-0.25, -0.2) is 53.1 Å². The molecule has 6 aromatic heterocycles. The van der Waals surface area contributed by atoms with E-state index in [1.807, 2.05) is 54.6 Å². The number of aromatic nitrogens is 6. The topological polar surface area (TPSA) is 288 Å². The number of halogens is 3. The van der Waals surface area contributed by atoms with Crippen molar-refractivity contribution in [2.24, 2.45) is 0 Å². The zero-order valence-corrected chi connectivity index (χ0v) is 55.7. The lowest BCUT2D eigenvalue weighted by Crippen LogP contribution is -2.20. The smallest absolute Gasteiger partial charge is 0.311 e. The molecule has 0 spiro atoms. The molecular weight excluding hydrogens is 1290 g/mol. The standard InChI is InChI=1S/2C23H24FN5O2S.C22H22ClN5O2S/c1-14(30)27-20-11-15(7-10-25-20)3-5-17-13-26-22(32-17)29-21(31)28-19-12-16(4-6-18(19)24)23(2)8-9-23;1-14(30)27-21-11-15(9-10-25-21)5-7-18-13-26-23(32-18)29-22(31)28-20-12-17(6-8-19(20)24)16-3-2-4-16;1-13(29)26-20-10-14(8-9-24-20)2-6-17-12-25-22(31-17)28-21(30)27-19-11-16(15-3-4-15)5-7-18(19)23/h4,6-7,10-13H,3,5,8-9H2,1-2H3,(H,25,27,30)(H2,26,28,29,31);6,8-13,16H,2-5,7H2,1H3,(H,25,27,30)(H2,26,28,29,31);5,7-12,15H,2-4,6H2,1H3,(H,24,26,29)(H2,25,27,28,30). The maximum Gasteiger partial charge on any atom is 0.325 e. The number of carbonyl (C=O) groups is 6. The molecule has 0 bridgehead atoms. The fraction of sp³-hybridized carbons (Fsp3) is 0.294. The highest BCUT2D eigenvalue weighted by atomic mass is 35.5. The number of amides is 9. The lowest BCUT2D eigenvalue weighted by Gasteiger charge is -2.26. The largest absolute Gasteiger partial charge is 0.325 e. The highest BCUT2D eigenvalue weighted by Gasteiger charge is 2.39. The molecule has 3 aromatic carbocycles. The summed E-state index contributed by atoms with van der Waals surface area (Å²) in [5, 5.41) is 26.1. The summed E-state index contributed by atoms with van der Waals surface area (Å²) in [5.74, 6) is 1.20. The molecule has 6 heterocycles. The Balaban J connectivity index is 0.000000155. The van der Waals surface area contributed by atoms with Crippen LogP contribution in [0.4, 0.5) is 73.1 Å². The van der Waals surface area contributed by atoms with Crippen LogP contribution < -0.4 is 47.9 Å². The molecule has 3 aliphatic rings. The van der Waals surface area contributed by atoms with Gasteiger partial charge >= 0.3 is 18.1 Å². The molecule has 21 nitrogen and oxygen atoms in total. The van der Waals surface area contributed by atoms with Gasteiger partial charge in [0.15, 0.2) is 15.4 Å². The molecule has 9 N–H and O–H groups in total. The Morgan fingerprint density at radius 2 is 0.832 bits per heavy atom. The second-order valence-corrected chi connectivity index (χ2v) is 27.2. The lowest BCUT2D eigenvalue weighted by molar-refractivity contribution is -0.115. The molecule has 492 valence electrons. The van der Waals surface area contributed by atoms with Crippen LogP contribution in [0.1, 0.15) is 132 Å². The molecule has 9 amide bonds. The number of rotatable bonds is 21. The Labute approximate surface area is 564 Å². The van der Waals surface area contributed by atoms with Crippen LogP contribution in [0, 0.1) is 11.6 Å². The number of nitrogens with zero attached hydrogens (tertiary/aromatic N) is 6. The molecule has 95 heavy (non-hydrogen) atoms. The number of hydrogen-bond acceptors (Lipinski definition) is 15. The van der Waals surface area contributed by atoms with Gasteiger partial charge in [0.1, 0.15) is 29.1 Å². The van der Waals surface area contributed by atoms with Crippen LogP contribution in [0.15, 0.2) is 128 Å². The van der Waals surface area contributed by atoms with Gasteiger partial charge in [0.2, 0.25) is 17.7 Å². The first-order valence-electron chi connectivity index (χ1n) is 30.9. The van der Waals surface area contributed by atoms with E-state index in [1.54, 1.807) is 61.4 Å². The predicted octanol–water partition coefficient (Wildman–Crippen LogP) is 15.9. The average molecular weight is 1360 g/mol. The fourth-order valence-electron chi connectivity index (χ4n) is 10.0. The van der Waals surface area contributed by atoms with Crippen LogP contribution in [-0.4, -0.2) is 65.7 Å². The van der Waals surface area contributed by atoms with Crippen molar-refractivity contribution in [3.05, 3.63) is 193 Å². The second kappa shape index (κ2) is 32.0. The van der Waals surface area contributed by atoms with E-state index in [1.165, 1.54) is 91.7 Å². The van der Waals surface area contributed by atoms with Gasteiger partial charge in [-0.15, -0.1) is 34.0 Å². The van der Waals surface area contributed by atoms with Gasteiger partial charge in [0.05, 0.1) is 22.1 Å². The van der Waals surface area contributed by atoms with Crippen molar-refractivity contribution < 1.29 is 37.5 Å².